The molecule has 1 aliphatic carbocycles. The lowest BCUT2D eigenvalue weighted by Gasteiger charge is -2.17. The number of hydrogen-bond acceptors (Lipinski definition) is 1. The van der Waals surface area contributed by atoms with E-state index < -0.39 is 0 Å². The highest BCUT2D eigenvalue weighted by molar-refractivity contribution is 5.85. The quantitative estimate of drug-likeness (QED) is 0.527. The average molecular weight is 309 g/mol. The molecule has 0 heterocycles. The van der Waals surface area contributed by atoms with Crippen LogP contribution in [-0.4, -0.2) is 6.21 Å². The molecule has 4 rings (SSSR count). The Bertz CT molecular complexity index is 920. The van der Waals surface area contributed by atoms with E-state index in [1.54, 1.807) is 0 Å². The molecule has 0 fully saturated rings. The lowest BCUT2D eigenvalue weighted by atomic mass is 9.86. The molecule has 0 aliphatic heterocycles. The van der Waals surface area contributed by atoms with Gasteiger partial charge in [0.2, 0.25) is 0 Å². The van der Waals surface area contributed by atoms with Gasteiger partial charge in [-0.3, -0.25) is 4.99 Å². The molecule has 0 amide bonds. The maximum atomic E-state index is 4.65. The zero-order chi connectivity index (χ0) is 16.4. The van der Waals surface area contributed by atoms with Gasteiger partial charge in [-0.05, 0) is 41.3 Å². The van der Waals surface area contributed by atoms with Crippen LogP contribution in [0.5, 0.6) is 0 Å². The molecule has 0 spiro atoms. The summed E-state index contributed by atoms with van der Waals surface area (Å²) in [7, 11) is 0. The lowest BCUT2D eigenvalue weighted by molar-refractivity contribution is 0.974. The zero-order valence-electron chi connectivity index (χ0n) is 13.7. The second kappa shape index (κ2) is 6.29. The zero-order valence-corrected chi connectivity index (χ0v) is 13.7. The maximum absolute atomic E-state index is 4.65. The number of hydrogen-bond donors (Lipinski definition) is 0. The summed E-state index contributed by atoms with van der Waals surface area (Å²) in [6.07, 6.45) is 4.28. The third-order valence-corrected chi connectivity index (χ3v) is 4.56. The fourth-order valence-corrected chi connectivity index (χ4v) is 3.44. The number of benzene rings is 3. The van der Waals surface area contributed by atoms with Crippen molar-refractivity contribution in [1.29, 1.82) is 0 Å². The van der Waals surface area contributed by atoms with Gasteiger partial charge in [-0.2, -0.15) is 0 Å². The molecule has 0 N–H and O–H groups in total. The first-order valence-corrected chi connectivity index (χ1v) is 8.28. The summed E-state index contributed by atoms with van der Waals surface area (Å²) in [6, 6.07) is 27.3. The van der Waals surface area contributed by atoms with Crippen LogP contribution in [0.25, 0.3) is 6.08 Å². The molecule has 0 saturated carbocycles. The normalized spacial score (nSPS) is 16.2. The van der Waals surface area contributed by atoms with Crippen molar-refractivity contribution < 1.29 is 0 Å². The lowest BCUT2D eigenvalue weighted by Crippen LogP contribution is -2.03. The molecule has 3 aromatic carbocycles. The van der Waals surface area contributed by atoms with Gasteiger partial charge in [0.25, 0.3) is 0 Å². The maximum Gasteiger partial charge on any atom is 0.0629 e. The van der Waals surface area contributed by atoms with E-state index in [0.29, 0.717) is 5.92 Å². The van der Waals surface area contributed by atoms with Crippen LogP contribution in [0.1, 0.15) is 35.1 Å². The van der Waals surface area contributed by atoms with Crippen LogP contribution in [-0.2, 0) is 0 Å². The van der Waals surface area contributed by atoms with Crippen LogP contribution in [0.15, 0.2) is 89.4 Å². The molecule has 116 valence electrons. The Kier molecular flexibility index (Phi) is 3.84. The SMILES string of the molecule is CC1=Cc2ccccc2C1c1ccccc1/C=N/c1ccccc1. The van der Waals surface area contributed by atoms with Crippen molar-refractivity contribution in [2.24, 2.45) is 4.99 Å². The monoisotopic (exact) mass is 309 g/mol. The third kappa shape index (κ3) is 2.69. The van der Waals surface area contributed by atoms with Crippen molar-refractivity contribution in [1.82, 2.24) is 0 Å². The fraction of sp³-hybridized carbons (Fsp3) is 0.0870. The van der Waals surface area contributed by atoms with Crippen LogP contribution in [0.2, 0.25) is 0 Å². The molecule has 3 aromatic rings. The molecule has 0 saturated heterocycles. The number of fused-ring (bicyclic) bond motifs is 1. The summed E-state index contributed by atoms with van der Waals surface area (Å²) in [5.74, 6) is 0.319. The van der Waals surface area contributed by atoms with E-state index in [9.17, 15) is 0 Å². The second-order valence-corrected chi connectivity index (χ2v) is 6.17. The first kappa shape index (κ1) is 14.6. The van der Waals surface area contributed by atoms with Gasteiger partial charge in [0, 0.05) is 12.1 Å². The summed E-state index contributed by atoms with van der Waals surface area (Å²) in [6.45, 7) is 2.22. The van der Waals surface area contributed by atoms with Crippen molar-refractivity contribution in [3.63, 3.8) is 0 Å². The van der Waals surface area contributed by atoms with Crippen LogP contribution >= 0.6 is 0 Å². The summed E-state index contributed by atoms with van der Waals surface area (Å²) in [4.78, 5) is 4.65. The topological polar surface area (TPSA) is 12.4 Å². The van der Waals surface area contributed by atoms with Crippen molar-refractivity contribution in [3.8, 4) is 0 Å². The molecular weight excluding hydrogens is 290 g/mol. The molecular formula is C23H19N. The van der Waals surface area contributed by atoms with Gasteiger partial charge in [0.05, 0.1) is 5.69 Å². The van der Waals surface area contributed by atoms with Gasteiger partial charge in [0.1, 0.15) is 0 Å². The minimum absolute atomic E-state index is 0.319. The van der Waals surface area contributed by atoms with Gasteiger partial charge in [0.15, 0.2) is 0 Å². The average Bonchev–Trinajstić information content (AvgIpc) is 2.97. The Morgan fingerprint density at radius 2 is 1.42 bits per heavy atom. The van der Waals surface area contributed by atoms with Gasteiger partial charge < -0.3 is 0 Å². The van der Waals surface area contributed by atoms with Crippen molar-refractivity contribution in [3.05, 3.63) is 107 Å². The number of allylic oxidation sites excluding steroid dienone is 1. The Morgan fingerprint density at radius 3 is 2.25 bits per heavy atom. The van der Waals surface area contributed by atoms with Crippen LogP contribution in [0.4, 0.5) is 5.69 Å². The van der Waals surface area contributed by atoms with Crippen LogP contribution < -0.4 is 0 Å². The molecule has 0 radical (unpaired) electrons. The van der Waals surface area contributed by atoms with E-state index in [2.05, 4.69) is 66.5 Å². The predicted octanol–water partition coefficient (Wildman–Crippen LogP) is 5.99. The summed E-state index contributed by atoms with van der Waals surface area (Å²) >= 11 is 0. The van der Waals surface area contributed by atoms with Crippen LogP contribution in [0, 0.1) is 0 Å². The fourth-order valence-electron chi connectivity index (χ4n) is 3.44. The highest BCUT2D eigenvalue weighted by Gasteiger charge is 2.25. The van der Waals surface area contributed by atoms with Gasteiger partial charge in [-0.25, -0.2) is 0 Å². The number of nitrogens with zero attached hydrogens (tertiary/aromatic N) is 1. The largest absolute Gasteiger partial charge is 0.256 e. The standard InChI is InChI=1S/C23H19N/c1-17-15-18-9-5-7-13-21(18)23(17)22-14-8-6-10-19(22)16-24-20-11-3-2-4-12-20/h2-16,23H,1H3/b24-16+. The Labute approximate surface area is 143 Å². The smallest absolute Gasteiger partial charge is 0.0629 e. The minimum Gasteiger partial charge on any atom is -0.256 e. The highest BCUT2D eigenvalue weighted by Crippen LogP contribution is 2.41. The molecule has 1 nitrogen and oxygen atoms in total. The van der Waals surface area contributed by atoms with E-state index in [0.717, 1.165) is 5.69 Å². The molecule has 1 aliphatic rings. The number of para-hydroxylation sites is 1. The molecule has 24 heavy (non-hydrogen) atoms. The third-order valence-electron chi connectivity index (χ3n) is 4.56. The Morgan fingerprint density at radius 1 is 0.750 bits per heavy atom. The van der Waals surface area contributed by atoms with Crippen molar-refractivity contribution in [2.75, 3.05) is 0 Å². The highest BCUT2D eigenvalue weighted by atomic mass is 14.7. The van der Waals surface area contributed by atoms with E-state index >= 15 is 0 Å². The molecule has 0 aromatic heterocycles. The second-order valence-electron chi connectivity index (χ2n) is 6.17. The predicted molar refractivity (Wildman–Crippen MR) is 102 cm³/mol. The minimum atomic E-state index is 0.319. The van der Waals surface area contributed by atoms with Crippen molar-refractivity contribution in [2.45, 2.75) is 12.8 Å². The van der Waals surface area contributed by atoms with E-state index in [-0.39, 0.29) is 0 Å². The number of aliphatic imine (C=N–C) groups is 1. The summed E-state index contributed by atoms with van der Waals surface area (Å²) in [5, 5.41) is 0. The first-order chi connectivity index (χ1) is 11.8. The van der Waals surface area contributed by atoms with E-state index in [1.165, 1.54) is 27.8 Å². The Balaban J connectivity index is 1.75. The van der Waals surface area contributed by atoms with E-state index in [4.69, 9.17) is 0 Å². The summed E-state index contributed by atoms with van der Waals surface area (Å²) in [5.41, 5.74) is 7.57. The van der Waals surface area contributed by atoms with E-state index in [1.807, 2.05) is 36.5 Å². The van der Waals surface area contributed by atoms with Gasteiger partial charge in [-0.15, -0.1) is 0 Å². The molecule has 1 atom stereocenters. The number of rotatable bonds is 3. The molecule has 0 bridgehead atoms. The first-order valence-electron chi connectivity index (χ1n) is 8.28. The Hall–Kier alpha value is -2.93. The van der Waals surface area contributed by atoms with Crippen LogP contribution in [0.3, 0.4) is 0 Å². The van der Waals surface area contributed by atoms with Crippen molar-refractivity contribution >= 4 is 18.0 Å². The molecule has 1 heteroatoms. The summed E-state index contributed by atoms with van der Waals surface area (Å²) < 4.78 is 0. The molecule has 1 unspecified atom stereocenters. The van der Waals surface area contributed by atoms with Gasteiger partial charge >= 0.3 is 0 Å². The van der Waals surface area contributed by atoms with Gasteiger partial charge in [-0.1, -0.05) is 78.4 Å².